The monoisotopic (exact) mass is 357 g/mol. The Morgan fingerprint density at radius 1 is 1.08 bits per heavy atom. The topological polar surface area (TPSA) is 61.4 Å². The van der Waals surface area contributed by atoms with Crippen molar-refractivity contribution in [2.24, 2.45) is 5.92 Å². The lowest BCUT2D eigenvalue weighted by Gasteiger charge is -2.35. The second-order valence-electron chi connectivity index (χ2n) is 7.73. The van der Waals surface area contributed by atoms with Crippen LogP contribution in [0.4, 0.5) is 0 Å². The molecule has 24 heavy (non-hydrogen) atoms. The van der Waals surface area contributed by atoms with Crippen molar-refractivity contribution in [1.29, 1.82) is 0 Å². The van der Waals surface area contributed by atoms with Crippen LogP contribution in [-0.2, 0) is 9.59 Å². The first kappa shape index (κ1) is 19.5. The predicted molar refractivity (Wildman–Crippen MR) is 97.2 cm³/mol. The number of nitrogens with zero attached hydrogens (tertiary/aromatic N) is 1. The Morgan fingerprint density at radius 3 is 2.33 bits per heavy atom. The summed E-state index contributed by atoms with van der Waals surface area (Å²) < 4.78 is 0. The maximum absolute atomic E-state index is 12.3. The average Bonchev–Trinajstić information content (AvgIpc) is 3.19. The number of hydrogen-bond acceptors (Lipinski definition) is 3. The molecule has 2 amide bonds. The molecule has 0 aromatic carbocycles. The molecule has 138 valence electrons. The number of nitrogens with one attached hydrogen (secondary N) is 2. The molecule has 2 saturated heterocycles. The van der Waals surface area contributed by atoms with Crippen molar-refractivity contribution in [2.75, 3.05) is 13.6 Å². The summed E-state index contributed by atoms with van der Waals surface area (Å²) in [4.78, 5) is 26.1. The molecular weight excluding hydrogens is 326 g/mol. The number of fused-ring (bicyclic) bond motifs is 2. The van der Waals surface area contributed by atoms with E-state index in [-0.39, 0.29) is 30.8 Å². The van der Waals surface area contributed by atoms with E-state index in [2.05, 4.69) is 10.6 Å². The SMILES string of the molecule is CN(C(=O)CNC(=O)CCC1CCCC1)C1CC2CCC(C1)N2.Cl. The second-order valence-corrected chi connectivity index (χ2v) is 7.73. The van der Waals surface area contributed by atoms with Gasteiger partial charge in [-0.25, -0.2) is 0 Å². The minimum atomic E-state index is 0. The van der Waals surface area contributed by atoms with Crippen LogP contribution in [0.2, 0.25) is 0 Å². The van der Waals surface area contributed by atoms with E-state index in [1.165, 1.54) is 38.5 Å². The van der Waals surface area contributed by atoms with Gasteiger partial charge in [0.15, 0.2) is 0 Å². The van der Waals surface area contributed by atoms with Gasteiger partial charge < -0.3 is 15.5 Å². The minimum absolute atomic E-state index is 0. The fourth-order valence-corrected chi connectivity index (χ4v) is 4.57. The maximum Gasteiger partial charge on any atom is 0.241 e. The van der Waals surface area contributed by atoms with Crippen LogP contribution in [0.25, 0.3) is 0 Å². The highest BCUT2D eigenvalue weighted by molar-refractivity contribution is 5.85. The normalized spacial score (nSPS) is 29.1. The first-order chi connectivity index (χ1) is 11.1. The summed E-state index contributed by atoms with van der Waals surface area (Å²) in [6.45, 7) is 0.152. The fourth-order valence-electron chi connectivity index (χ4n) is 4.57. The lowest BCUT2D eigenvalue weighted by molar-refractivity contribution is -0.134. The summed E-state index contributed by atoms with van der Waals surface area (Å²) in [6, 6.07) is 1.49. The van der Waals surface area contributed by atoms with E-state index in [4.69, 9.17) is 0 Å². The van der Waals surface area contributed by atoms with E-state index in [1.54, 1.807) is 0 Å². The van der Waals surface area contributed by atoms with Crippen molar-refractivity contribution in [2.45, 2.75) is 82.3 Å². The lowest BCUT2D eigenvalue weighted by Crippen LogP contribution is -2.50. The van der Waals surface area contributed by atoms with E-state index in [0.29, 0.717) is 24.5 Å². The molecule has 5 nitrogen and oxygen atoms in total. The molecule has 0 spiro atoms. The lowest BCUT2D eigenvalue weighted by atomic mass is 9.98. The first-order valence-corrected chi connectivity index (χ1v) is 9.40. The van der Waals surface area contributed by atoms with Gasteiger partial charge in [-0.2, -0.15) is 0 Å². The summed E-state index contributed by atoms with van der Waals surface area (Å²) in [5, 5.41) is 6.42. The number of hydrogen-bond donors (Lipinski definition) is 2. The van der Waals surface area contributed by atoms with Crippen molar-refractivity contribution in [3.8, 4) is 0 Å². The van der Waals surface area contributed by atoms with Gasteiger partial charge in [-0.1, -0.05) is 25.7 Å². The predicted octanol–water partition coefficient (Wildman–Crippen LogP) is 2.24. The third-order valence-electron chi connectivity index (χ3n) is 6.08. The number of carbonyl (C=O) groups excluding carboxylic acids is 2. The molecular formula is C18H32ClN3O2. The Hall–Kier alpha value is -0.810. The van der Waals surface area contributed by atoms with Gasteiger partial charge in [0.2, 0.25) is 11.8 Å². The smallest absolute Gasteiger partial charge is 0.241 e. The Morgan fingerprint density at radius 2 is 1.71 bits per heavy atom. The van der Waals surface area contributed by atoms with E-state index in [0.717, 1.165) is 25.2 Å². The highest BCUT2D eigenvalue weighted by atomic mass is 35.5. The molecule has 0 aromatic rings. The van der Waals surface area contributed by atoms with Crippen molar-refractivity contribution in [3.63, 3.8) is 0 Å². The molecule has 1 saturated carbocycles. The molecule has 6 heteroatoms. The van der Waals surface area contributed by atoms with Crippen molar-refractivity contribution < 1.29 is 9.59 Å². The number of carbonyl (C=O) groups is 2. The van der Waals surface area contributed by atoms with Crippen LogP contribution in [0, 0.1) is 5.92 Å². The summed E-state index contributed by atoms with van der Waals surface area (Å²) in [7, 11) is 1.89. The van der Waals surface area contributed by atoms with E-state index < -0.39 is 0 Å². The second kappa shape index (κ2) is 9.04. The summed E-state index contributed by atoms with van der Waals surface area (Å²) in [6.07, 6.45) is 11.3. The Labute approximate surface area is 151 Å². The molecule has 3 aliphatic rings. The molecule has 0 aromatic heterocycles. The minimum Gasteiger partial charge on any atom is -0.347 e. The molecule has 2 bridgehead atoms. The van der Waals surface area contributed by atoms with Crippen LogP contribution in [0.5, 0.6) is 0 Å². The van der Waals surface area contributed by atoms with Gasteiger partial charge in [-0.05, 0) is 38.0 Å². The van der Waals surface area contributed by atoms with Gasteiger partial charge in [0, 0.05) is 31.6 Å². The summed E-state index contributed by atoms with van der Waals surface area (Å²) in [5.41, 5.74) is 0. The van der Waals surface area contributed by atoms with Crippen LogP contribution >= 0.6 is 12.4 Å². The molecule has 3 rings (SSSR count). The Kier molecular flexibility index (Phi) is 7.35. The Balaban J connectivity index is 0.00000208. The maximum atomic E-state index is 12.3. The summed E-state index contributed by atoms with van der Waals surface area (Å²) >= 11 is 0. The number of halogens is 1. The highest BCUT2D eigenvalue weighted by Gasteiger charge is 2.36. The number of rotatable bonds is 6. The highest BCUT2D eigenvalue weighted by Crippen LogP contribution is 2.29. The molecule has 3 fully saturated rings. The molecule has 2 atom stereocenters. The average molecular weight is 358 g/mol. The number of likely N-dealkylation sites (N-methyl/N-ethyl adjacent to an activating group) is 1. The summed E-state index contributed by atoms with van der Waals surface area (Å²) in [5.74, 6) is 0.805. The zero-order chi connectivity index (χ0) is 16.2. The first-order valence-electron chi connectivity index (χ1n) is 9.40. The number of amides is 2. The van der Waals surface area contributed by atoms with Gasteiger partial charge in [-0.15, -0.1) is 12.4 Å². The molecule has 2 heterocycles. The molecule has 2 unspecified atom stereocenters. The molecule has 2 aliphatic heterocycles. The largest absolute Gasteiger partial charge is 0.347 e. The van der Waals surface area contributed by atoms with Crippen LogP contribution in [0.3, 0.4) is 0 Å². The van der Waals surface area contributed by atoms with Gasteiger partial charge in [-0.3, -0.25) is 9.59 Å². The van der Waals surface area contributed by atoms with Gasteiger partial charge in [0.25, 0.3) is 0 Å². The van der Waals surface area contributed by atoms with Crippen LogP contribution in [0.15, 0.2) is 0 Å². The van der Waals surface area contributed by atoms with Gasteiger partial charge >= 0.3 is 0 Å². The third kappa shape index (κ3) is 5.09. The van der Waals surface area contributed by atoms with Gasteiger partial charge in [0.1, 0.15) is 0 Å². The molecule has 2 N–H and O–H groups in total. The van der Waals surface area contributed by atoms with Crippen LogP contribution < -0.4 is 10.6 Å². The van der Waals surface area contributed by atoms with E-state index in [1.807, 2.05) is 11.9 Å². The molecule has 1 aliphatic carbocycles. The number of piperidine rings is 1. The van der Waals surface area contributed by atoms with Crippen molar-refractivity contribution in [1.82, 2.24) is 15.5 Å². The fraction of sp³-hybridized carbons (Fsp3) is 0.889. The zero-order valence-electron chi connectivity index (χ0n) is 14.8. The standard InChI is InChI=1S/C18H31N3O2.ClH/c1-21(16-10-14-7-8-15(11-16)20-14)18(23)12-19-17(22)9-6-13-4-2-3-5-13;/h13-16,20H,2-12H2,1H3,(H,19,22);1H. The Bertz CT molecular complexity index is 428. The zero-order valence-corrected chi connectivity index (χ0v) is 15.6. The van der Waals surface area contributed by atoms with Gasteiger partial charge in [0.05, 0.1) is 6.54 Å². The van der Waals surface area contributed by atoms with E-state index >= 15 is 0 Å². The third-order valence-corrected chi connectivity index (χ3v) is 6.08. The van der Waals surface area contributed by atoms with Crippen LogP contribution in [-0.4, -0.2) is 48.4 Å². The quantitative estimate of drug-likeness (QED) is 0.766. The van der Waals surface area contributed by atoms with Crippen molar-refractivity contribution >= 4 is 24.2 Å². The van der Waals surface area contributed by atoms with E-state index in [9.17, 15) is 9.59 Å². The van der Waals surface area contributed by atoms with Crippen molar-refractivity contribution in [3.05, 3.63) is 0 Å². The van der Waals surface area contributed by atoms with Crippen LogP contribution in [0.1, 0.15) is 64.2 Å². The molecule has 0 radical (unpaired) electrons.